The Morgan fingerprint density at radius 3 is 2.68 bits per heavy atom. The Morgan fingerprint density at radius 1 is 1.04 bits per heavy atom. The summed E-state index contributed by atoms with van der Waals surface area (Å²) in [5.74, 6) is -0.164. The fourth-order valence-electron chi connectivity index (χ4n) is 3.97. The van der Waals surface area contributed by atoms with E-state index in [0.717, 1.165) is 11.1 Å². The van der Waals surface area contributed by atoms with Crippen LogP contribution < -0.4 is 0 Å². The summed E-state index contributed by atoms with van der Waals surface area (Å²) in [7, 11) is 0. The van der Waals surface area contributed by atoms with Crippen LogP contribution in [0.25, 0.3) is 11.0 Å². The van der Waals surface area contributed by atoms with Crippen molar-refractivity contribution in [2.45, 2.75) is 12.1 Å². The van der Waals surface area contributed by atoms with Gasteiger partial charge in [-0.3, -0.25) is 4.79 Å². The van der Waals surface area contributed by atoms with Crippen LogP contribution in [0.5, 0.6) is 0 Å². The molecule has 4 aromatic rings. The van der Waals surface area contributed by atoms with Gasteiger partial charge in [-0.05, 0) is 30.2 Å². The third kappa shape index (κ3) is 2.44. The number of nitrogens with one attached hydrogen (secondary N) is 1. The third-order valence-electron chi connectivity index (χ3n) is 5.40. The second-order valence-electron chi connectivity index (χ2n) is 6.99. The van der Waals surface area contributed by atoms with Crippen molar-refractivity contribution < 1.29 is 9.90 Å². The highest BCUT2D eigenvalue weighted by molar-refractivity contribution is 6.00. The number of amides is 1. The quantitative estimate of drug-likeness (QED) is 0.581. The molecule has 0 spiro atoms. The molecule has 3 aromatic carbocycles. The van der Waals surface area contributed by atoms with Gasteiger partial charge in [-0.25, -0.2) is 4.98 Å². The molecule has 1 radical (unpaired) electrons. The highest BCUT2D eigenvalue weighted by atomic mass is 16.3. The predicted octanol–water partition coefficient (Wildman–Crippen LogP) is 3.25. The number of nitrogens with zero attached hydrogens (tertiary/aromatic N) is 2. The van der Waals surface area contributed by atoms with E-state index < -0.39 is 5.72 Å². The summed E-state index contributed by atoms with van der Waals surface area (Å²) < 4.78 is 0. The number of carbonyl (C=O) groups is 1. The molecule has 5 rings (SSSR count). The minimum absolute atomic E-state index is 0.164. The van der Waals surface area contributed by atoms with Gasteiger partial charge in [0.05, 0.1) is 11.0 Å². The molecule has 1 aliphatic heterocycles. The molecule has 28 heavy (non-hydrogen) atoms. The summed E-state index contributed by atoms with van der Waals surface area (Å²) in [4.78, 5) is 21.8. The van der Waals surface area contributed by atoms with Crippen LogP contribution >= 0.6 is 0 Å². The summed E-state index contributed by atoms with van der Waals surface area (Å²) in [6.07, 6.45) is 3.37. The SMILES string of the molecule is O=C1c2ccccc2C(O)(c2ccc3[nH][c]nc3c2)N1CCc1ccccc1. The molecule has 2 heterocycles. The molecule has 1 unspecified atom stereocenters. The van der Waals surface area contributed by atoms with E-state index in [4.69, 9.17) is 0 Å². The molecule has 1 amide bonds. The van der Waals surface area contributed by atoms with E-state index in [1.54, 1.807) is 11.0 Å². The van der Waals surface area contributed by atoms with Gasteiger partial charge in [0.15, 0.2) is 12.1 Å². The van der Waals surface area contributed by atoms with Crippen LogP contribution in [-0.2, 0) is 12.1 Å². The van der Waals surface area contributed by atoms with Crippen molar-refractivity contribution in [3.63, 3.8) is 0 Å². The lowest BCUT2D eigenvalue weighted by Crippen LogP contribution is -2.45. The molecule has 0 aliphatic carbocycles. The Hall–Kier alpha value is -3.44. The van der Waals surface area contributed by atoms with Gasteiger partial charge in [0.25, 0.3) is 5.91 Å². The van der Waals surface area contributed by atoms with Crippen LogP contribution in [0.1, 0.15) is 27.0 Å². The Kier molecular flexibility index (Phi) is 3.77. The number of benzene rings is 3. The molecule has 0 saturated carbocycles. The second-order valence-corrected chi connectivity index (χ2v) is 6.99. The third-order valence-corrected chi connectivity index (χ3v) is 5.40. The molecule has 0 saturated heterocycles. The Balaban J connectivity index is 1.61. The van der Waals surface area contributed by atoms with Gasteiger partial charge in [0.1, 0.15) is 0 Å². The standard InChI is InChI=1S/C23H18N3O2/c27-22-18-8-4-5-9-19(18)23(28,17-10-11-20-21(14-17)25-15-24-20)26(22)13-12-16-6-2-1-3-7-16/h1-11,14,28H,12-13H2,(H,24,25). The van der Waals surface area contributed by atoms with Crippen molar-refractivity contribution in [3.05, 3.63) is 101 Å². The number of carbonyl (C=O) groups excluding carboxylic acids is 1. The summed E-state index contributed by atoms with van der Waals surface area (Å²) in [6, 6.07) is 22.7. The normalized spacial score (nSPS) is 18.6. The first-order valence-electron chi connectivity index (χ1n) is 9.22. The van der Waals surface area contributed by atoms with E-state index in [2.05, 4.69) is 16.3 Å². The topological polar surface area (TPSA) is 69.2 Å². The van der Waals surface area contributed by atoms with Crippen molar-refractivity contribution in [2.75, 3.05) is 6.54 Å². The van der Waals surface area contributed by atoms with Gasteiger partial charge < -0.3 is 15.0 Å². The lowest BCUT2D eigenvalue weighted by Gasteiger charge is -2.35. The minimum atomic E-state index is -1.53. The molecule has 1 aliphatic rings. The van der Waals surface area contributed by atoms with Crippen LogP contribution in [0.3, 0.4) is 0 Å². The number of rotatable bonds is 4. The predicted molar refractivity (Wildman–Crippen MR) is 106 cm³/mol. The molecular weight excluding hydrogens is 350 g/mol. The van der Waals surface area contributed by atoms with Gasteiger partial charge in [-0.15, -0.1) is 0 Å². The van der Waals surface area contributed by atoms with Gasteiger partial charge >= 0.3 is 0 Å². The number of H-pyrrole nitrogens is 1. The zero-order valence-corrected chi connectivity index (χ0v) is 15.1. The zero-order valence-electron chi connectivity index (χ0n) is 15.1. The van der Waals surface area contributed by atoms with Crippen molar-refractivity contribution >= 4 is 16.9 Å². The van der Waals surface area contributed by atoms with Crippen LogP contribution in [0.2, 0.25) is 0 Å². The zero-order chi connectivity index (χ0) is 19.1. The molecule has 1 aromatic heterocycles. The highest BCUT2D eigenvalue weighted by Crippen LogP contribution is 2.42. The molecule has 1 atom stereocenters. The summed E-state index contributed by atoms with van der Waals surface area (Å²) in [5.41, 5.74) is 2.87. The molecular formula is C23H18N3O2. The average Bonchev–Trinajstić information content (AvgIpc) is 3.29. The van der Waals surface area contributed by atoms with Gasteiger partial charge in [0.2, 0.25) is 0 Å². The molecule has 5 nitrogen and oxygen atoms in total. The van der Waals surface area contributed by atoms with Crippen LogP contribution in [-0.4, -0.2) is 32.4 Å². The van der Waals surface area contributed by atoms with Crippen LogP contribution in [0, 0.1) is 6.33 Å². The lowest BCUT2D eigenvalue weighted by molar-refractivity contribution is -0.0493. The Labute approximate surface area is 162 Å². The fourth-order valence-corrected chi connectivity index (χ4v) is 3.97. The number of aromatic amines is 1. The fraction of sp³-hybridized carbons (Fsp3) is 0.130. The Morgan fingerprint density at radius 2 is 1.82 bits per heavy atom. The average molecular weight is 368 g/mol. The van der Waals surface area contributed by atoms with Crippen molar-refractivity contribution in [2.24, 2.45) is 0 Å². The monoisotopic (exact) mass is 368 g/mol. The summed E-state index contributed by atoms with van der Waals surface area (Å²) in [5, 5.41) is 11.9. The van der Waals surface area contributed by atoms with Crippen molar-refractivity contribution in [1.29, 1.82) is 0 Å². The first-order chi connectivity index (χ1) is 13.7. The maximum absolute atomic E-state index is 13.2. The number of hydrogen-bond donors (Lipinski definition) is 2. The smallest absolute Gasteiger partial charge is 0.257 e. The molecule has 137 valence electrons. The number of aromatic nitrogens is 2. The van der Waals surface area contributed by atoms with E-state index in [1.807, 2.05) is 66.7 Å². The number of fused-ring (bicyclic) bond motifs is 2. The molecule has 5 heteroatoms. The molecule has 0 bridgehead atoms. The van der Waals surface area contributed by atoms with E-state index in [9.17, 15) is 9.90 Å². The Bertz CT molecular complexity index is 1170. The van der Waals surface area contributed by atoms with Crippen molar-refractivity contribution in [3.8, 4) is 0 Å². The maximum Gasteiger partial charge on any atom is 0.257 e. The summed E-state index contributed by atoms with van der Waals surface area (Å²) >= 11 is 0. The first kappa shape index (κ1) is 16.7. The second kappa shape index (κ2) is 6.32. The first-order valence-corrected chi connectivity index (χ1v) is 9.22. The maximum atomic E-state index is 13.2. The van der Waals surface area contributed by atoms with Crippen LogP contribution in [0.15, 0.2) is 72.8 Å². The van der Waals surface area contributed by atoms with Gasteiger partial charge in [-0.2, -0.15) is 0 Å². The number of imidazole rings is 1. The number of aliphatic hydroxyl groups is 1. The van der Waals surface area contributed by atoms with E-state index in [0.29, 0.717) is 35.2 Å². The van der Waals surface area contributed by atoms with Crippen LogP contribution in [0.4, 0.5) is 0 Å². The number of hydrogen-bond acceptors (Lipinski definition) is 3. The molecule has 0 fully saturated rings. The molecule has 2 N–H and O–H groups in total. The van der Waals surface area contributed by atoms with E-state index >= 15 is 0 Å². The van der Waals surface area contributed by atoms with E-state index in [-0.39, 0.29) is 5.91 Å². The van der Waals surface area contributed by atoms with Gasteiger partial charge in [0, 0.05) is 23.2 Å². The minimum Gasteiger partial charge on any atom is -0.363 e. The lowest BCUT2D eigenvalue weighted by atomic mass is 9.93. The largest absolute Gasteiger partial charge is 0.363 e. The summed E-state index contributed by atoms with van der Waals surface area (Å²) in [6.45, 7) is 0.402. The van der Waals surface area contributed by atoms with Gasteiger partial charge in [-0.1, -0.05) is 54.6 Å². The highest BCUT2D eigenvalue weighted by Gasteiger charge is 2.49. The van der Waals surface area contributed by atoms with E-state index in [1.165, 1.54) is 0 Å². The van der Waals surface area contributed by atoms with Crippen molar-refractivity contribution in [1.82, 2.24) is 14.9 Å².